The molecule has 6 heteroatoms. The van der Waals surface area contributed by atoms with E-state index in [9.17, 15) is 4.79 Å². The van der Waals surface area contributed by atoms with Gasteiger partial charge in [-0.2, -0.15) is 0 Å². The van der Waals surface area contributed by atoms with Crippen LogP contribution in [0.15, 0.2) is 11.4 Å². The monoisotopic (exact) mass is 257 g/mol. The van der Waals surface area contributed by atoms with Crippen LogP contribution in [0.3, 0.4) is 0 Å². The number of hydrogen-bond acceptors (Lipinski definition) is 4. The Labute approximate surface area is 105 Å². The zero-order chi connectivity index (χ0) is 12.7. The molecule has 1 aromatic heterocycles. The highest BCUT2D eigenvalue weighted by Crippen LogP contribution is 2.21. The van der Waals surface area contributed by atoms with Crippen molar-refractivity contribution in [2.75, 3.05) is 5.75 Å². The normalized spacial score (nSPS) is 12.6. The van der Waals surface area contributed by atoms with Gasteiger partial charge in [0, 0.05) is 6.42 Å². The van der Waals surface area contributed by atoms with E-state index in [0.29, 0.717) is 6.42 Å². The number of aromatic amines is 1. The SMILES string of the molecule is CCCCCSc1nc[nH]c1C[C@H](N)C(=O)O. The Morgan fingerprint density at radius 2 is 2.41 bits per heavy atom. The number of rotatable bonds is 8. The van der Waals surface area contributed by atoms with Crippen molar-refractivity contribution in [3.63, 3.8) is 0 Å². The van der Waals surface area contributed by atoms with E-state index in [2.05, 4.69) is 16.9 Å². The first-order chi connectivity index (χ1) is 8.15. The van der Waals surface area contributed by atoms with Crippen LogP contribution in [0.5, 0.6) is 0 Å². The average Bonchev–Trinajstić information content (AvgIpc) is 2.72. The molecule has 0 aliphatic rings. The number of carboxylic acids is 1. The van der Waals surface area contributed by atoms with E-state index in [4.69, 9.17) is 10.8 Å². The van der Waals surface area contributed by atoms with Crippen molar-refractivity contribution < 1.29 is 9.90 Å². The zero-order valence-corrected chi connectivity index (χ0v) is 10.8. The molecule has 0 aromatic carbocycles. The van der Waals surface area contributed by atoms with Gasteiger partial charge in [0.1, 0.15) is 11.1 Å². The molecule has 1 aromatic rings. The second kappa shape index (κ2) is 7.34. The fourth-order valence-corrected chi connectivity index (χ4v) is 2.39. The quantitative estimate of drug-likeness (QED) is 0.486. The first-order valence-corrected chi connectivity index (χ1v) is 6.77. The lowest BCUT2D eigenvalue weighted by molar-refractivity contribution is -0.138. The Bertz CT molecular complexity index is 354. The Morgan fingerprint density at radius 3 is 3.06 bits per heavy atom. The third kappa shape index (κ3) is 4.79. The molecule has 0 aliphatic carbocycles. The number of carbonyl (C=O) groups is 1. The highest BCUT2D eigenvalue weighted by molar-refractivity contribution is 7.99. The van der Waals surface area contributed by atoms with Crippen LogP contribution in [-0.4, -0.2) is 32.8 Å². The van der Waals surface area contributed by atoms with Gasteiger partial charge in [0.05, 0.1) is 12.0 Å². The van der Waals surface area contributed by atoms with Gasteiger partial charge in [0.15, 0.2) is 0 Å². The molecule has 0 radical (unpaired) electrons. The molecule has 1 atom stereocenters. The number of aromatic nitrogens is 2. The fraction of sp³-hybridized carbons (Fsp3) is 0.636. The molecule has 0 spiro atoms. The summed E-state index contributed by atoms with van der Waals surface area (Å²) < 4.78 is 0. The van der Waals surface area contributed by atoms with Crippen LogP contribution >= 0.6 is 11.8 Å². The van der Waals surface area contributed by atoms with Crippen molar-refractivity contribution in [2.24, 2.45) is 5.73 Å². The molecule has 0 saturated carbocycles. The van der Waals surface area contributed by atoms with E-state index >= 15 is 0 Å². The lowest BCUT2D eigenvalue weighted by Crippen LogP contribution is -2.32. The molecule has 17 heavy (non-hydrogen) atoms. The van der Waals surface area contributed by atoms with Gasteiger partial charge in [0.2, 0.25) is 0 Å². The molecule has 0 unspecified atom stereocenters. The lowest BCUT2D eigenvalue weighted by atomic mass is 10.2. The standard InChI is InChI=1S/C11H19N3O2S/c1-2-3-4-5-17-10-9(13-7-14-10)6-8(12)11(15)16/h7-8H,2-6,12H2,1H3,(H,13,14)(H,15,16)/t8-/m0/s1. The summed E-state index contributed by atoms with van der Waals surface area (Å²) >= 11 is 1.66. The van der Waals surface area contributed by atoms with E-state index in [1.807, 2.05) is 0 Å². The Hall–Kier alpha value is -1.01. The summed E-state index contributed by atoms with van der Waals surface area (Å²) in [5.74, 6) is 0.0232. The number of aliphatic carboxylic acids is 1. The van der Waals surface area contributed by atoms with Crippen LogP contribution < -0.4 is 5.73 Å². The third-order valence-electron chi connectivity index (χ3n) is 2.41. The smallest absolute Gasteiger partial charge is 0.320 e. The molecule has 4 N–H and O–H groups in total. The molecule has 1 rings (SSSR count). The van der Waals surface area contributed by atoms with Gasteiger partial charge in [-0.15, -0.1) is 11.8 Å². The molecule has 5 nitrogen and oxygen atoms in total. The molecule has 1 heterocycles. The van der Waals surface area contributed by atoms with Crippen molar-refractivity contribution in [3.8, 4) is 0 Å². The van der Waals surface area contributed by atoms with Gasteiger partial charge in [-0.1, -0.05) is 19.8 Å². The summed E-state index contributed by atoms with van der Waals surface area (Å²) in [6.07, 6.45) is 5.44. The summed E-state index contributed by atoms with van der Waals surface area (Å²) in [7, 11) is 0. The summed E-state index contributed by atoms with van der Waals surface area (Å²) in [5.41, 5.74) is 6.32. The molecular formula is C11H19N3O2S. The van der Waals surface area contributed by atoms with Crippen LogP contribution in [0, 0.1) is 0 Å². The number of nitrogens with one attached hydrogen (secondary N) is 1. The second-order valence-electron chi connectivity index (χ2n) is 3.89. The molecule has 0 bridgehead atoms. The highest BCUT2D eigenvalue weighted by atomic mass is 32.2. The Kier molecular flexibility index (Phi) is 6.07. The van der Waals surface area contributed by atoms with E-state index in [0.717, 1.165) is 22.9 Å². The predicted octanol–water partition coefficient (Wildman–Crippen LogP) is 1.65. The van der Waals surface area contributed by atoms with Crippen molar-refractivity contribution >= 4 is 17.7 Å². The van der Waals surface area contributed by atoms with Crippen molar-refractivity contribution in [2.45, 2.75) is 43.7 Å². The fourth-order valence-electron chi connectivity index (χ4n) is 1.41. The minimum Gasteiger partial charge on any atom is -0.480 e. The number of carboxylic acid groups (broad SMARTS) is 1. The van der Waals surface area contributed by atoms with Gasteiger partial charge in [-0.3, -0.25) is 4.79 Å². The molecule has 0 saturated heterocycles. The van der Waals surface area contributed by atoms with Crippen LogP contribution in [-0.2, 0) is 11.2 Å². The summed E-state index contributed by atoms with van der Waals surface area (Å²) in [6, 6.07) is -0.870. The third-order valence-corrected chi connectivity index (χ3v) is 3.52. The van der Waals surface area contributed by atoms with Gasteiger partial charge in [-0.05, 0) is 12.2 Å². The average molecular weight is 257 g/mol. The van der Waals surface area contributed by atoms with E-state index in [1.54, 1.807) is 18.1 Å². The Morgan fingerprint density at radius 1 is 1.65 bits per heavy atom. The number of nitrogens with two attached hydrogens (primary N) is 1. The number of nitrogens with zero attached hydrogens (tertiary/aromatic N) is 1. The van der Waals surface area contributed by atoms with Gasteiger partial charge >= 0.3 is 5.97 Å². The maximum atomic E-state index is 10.7. The first-order valence-electron chi connectivity index (χ1n) is 5.78. The predicted molar refractivity (Wildman–Crippen MR) is 68.2 cm³/mol. The minimum atomic E-state index is -0.985. The maximum absolute atomic E-state index is 10.7. The summed E-state index contributed by atoms with van der Waals surface area (Å²) in [5, 5.41) is 9.62. The highest BCUT2D eigenvalue weighted by Gasteiger charge is 2.16. The molecule has 0 aliphatic heterocycles. The van der Waals surface area contributed by atoms with Crippen LogP contribution in [0.4, 0.5) is 0 Å². The van der Waals surface area contributed by atoms with Crippen LogP contribution in [0.2, 0.25) is 0 Å². The van der Waals surface area contributed by atoms with Gasteiger partial charge in [-0.25, -0.2) is 4.98 Å². The van der Waals surface area contributed by atoms with Gasteiger partial charge in [0.25, 0.3) is 0 Å². The molecular weight excluding hydrogens is 238 g/mol. The van der Waals surface area contributed by atoms with Crippen molar-refractivity contribution in [1.82, 2.24) is 9.97 Å². The minimum absolute atomic E-state index is 0.297. The number of thioether (sulfide) groups is 1. The van der Waals surface area contributed by atoms with E-state index in [-0.39, 0.29) is 0 Å². The van der Waals surface area contributed by atoms with E-state index < -0.39 is 12.0 Å². The maximum Gasteiger partial charge on any atom is 0.320 e. The topological polar surface area (TPSA) is 92.0 Å². The van der Waals surface area contributed by atoms with Crippen molar-refractivity contribution in [3.05, 3.63) is 12.0 Å². The molecule has 0 fully saturated rings. The number of imidazole rings is 1. The van der Waals surface area contributed by atoms with Crippen molar-refractivity contribution in [1.29, 1.82) is 0 Å². The molecule has 0 amide bonds. The number of H-pyrrole nitrogens is 1. The van der Waals surface area contributed by atoms with E-state index in [1.165, 1.54) is 12.8 Å². The van der Waals surface area contributed by atoms with Crippen LogP contribution in [0.25, 0.3) is 0 Å². The lowest BCUT2D eigenvalue weighted by Gasteiger charge is -2.06. The second-order valence-corrected chi connectivity index (χ2v) is 4.97. The number of unbranched alkanes of at least 4 members (excludes halogenated alkanes) is 2. The van der Waals surface area contributed by atoms with Gasteiger partial charge < -0.3 is 15.8 Å². The van der Waals surface area contributed by atoms with Crippen LogP contribution in [0.1, 0.15) is 31.9 Å². The first kappa shape index (κ1) is 14.1. The summed E-state index contributed by atoms with van der Waals surface area (Å²) in [4.78, 5) is 17.8. The summed E-state index contributed by atoms with van der Waals surface area (Å²) in [6.45, 7) is 2.16. The largest absolute Gasteiger partial charge is 0.480 e. The number of hydrogen-bond donors (Lipinski definition) is 3. The zero-order valence-electron chi connectivity index (χ0n) is 9.98. The molecule has 96 valence electrons. The Balaban J connectivity index is 2.45.